The lowest BCUT2D eigenvalue weighted by molar-refractivity contribution is -0.161. The SMILES string of the molecule is C=C1CN2C[C@@H](OCCOC)C[C@@]2(COF)C1. The third kappa shape index (κ3) is 2.68. The Morgan fingerprint density at radius 2 is 2.35 bits per heavy atom. The van der Waals surface area contributed by atoms with Crippen molar-refractivity contribution in [1.82, 2.24) is 4.90 Å². The van der Waals surface area contributed by atoms with E-state index in [-0.39, 0.29) is 18.2 Å². The molecule has 17 heavy (non-hydrogen) atoms. The summed E-state index contributed by atoms with van der Waals surface area (Å²) in [4.78, 5) is 6.12. The molecule has 0 saturated carbocycles. The van der Waals surface area contributed by atoms with Crippen LogP contribution < -0.4 is 0 Å². The van der Waals surface area contributed by atoms with Gasteiger partial charge >= 0.3 is 0 Å². The minimum atomic E-state index is -0.233. The Morgan fingerprint density at radius 1 is 1.53 bits per heavy atom. The van der Waals surface area contributed by atoms with Gasteiger partial charge in [-0.05, 0) is 17.4 Å². The highest BCUT2D eigenvalue weighted by Gasteiger charge is 2.50. The monoisotopic (exact) mass is 245 g/mol. The summed E-state index contributed by atoms with van der Waals surface area (Å²) in [5.41, 5.74) is 0.918. The van der Waals surface area contributed by atoms with Crippen LogP contribution in [0.4, 0.5) is 4.53 Å². The molecule has 0 N–H and O–H groups in total. The number of fused-ring (bicyclic) bond motifs is 1. The Bertz CT molecular complexity index is 287. The van der Waals surface area contributed by atoms with Gasteiger partial charge in [0.15, 0.2) is 0 Å². The molecule has 2 aliphatic heterocycles. The van der Waals surface area contributed by atoms with Gasteiger partial charge in [0, 0.05) is 20.2 Å². The molecular formula is C12H20FNO3. The summed E-state index contributed by atoms with van der Waals surface area (Å²) in [5, 5.41) is 0. The predicted molar refractivity (Wildman–Crippen MR) is 61.4 cm³/mol. The number of ether oxygens (including phenoxy) is 2. The average Bonchev–Trinajstić information content (AvgIpc) is 2.71. The Labute approximate surface area is 101 Å². The van der Waals surface area contributed by atoms with E-state index in [4.69, 9.17) is 9.47 Å². The standard InChI is InChI=1S/C12H20FNO3/c1-10-5-12(9-17-13)6-11(8-14(12)7-10)16-4-3-15-2/h11H,1,3-9H2,2H3/t11-,12+/m0/s1. The van der Waals surface area contributed by atoms with Crippen molar-refractivity contribution in [3.05, 3.63) is 12.2 Å². The zero-order valence-corrected chi connectivity index (χ0v) is 10.3. The topological polar surface area (TPSA) is 30.9 Å². The lowest BCUT2D eigenvalue weighted by Crippen LogP contribution is -2.41. The van der Waals surface area contributed by atoms with Crippen LogP contribution in [0, 0.1) is 0 Å². The molecule has 4 nitrogen and oxygen atoms in total. The third-order valence-electron chi connectivity index (χ3n) is 3.66. The number of hydrogen-bond donors (Lipinski definition) is 0. The highest BCUT2D eigenvalue weighted by Crippen LogP contribution is 2.41. The maximum atomic E-state index is 12.2. The summed E-state index contributed by atoms with van der Waals surface area (Å²) in [5.74, 6) is 0. The molecule has 0 aliphatic carbocycles. The van der Waals surface area contributed by atoms with Gasteiger partial charge in [0.2, 0.25) is 0 Å². The van der Waals surface area contributed by atoms with Crippen molar-refractivity contribution in [2.45, 2.75) is 24.5 Å². The minimum Gasteiger partial charge on any atom is -0.382 e. The van der Waals surface area contributed by atoms with Crippen LogP contribution in [-0.2, 0) is 14.4 Å². The second kappa shape index (κ2) is 5.44. The molecule has 0 aromatic carbocycles. The van der Waals surface area contributed by atoms with Gasteiger partial charge in [0.25, 0.3) is 0 Å². The van der Waals surface area contributed by atoms with Gasteiger partial charge in [-0.1, -0.05) is 12.2 Å². The molecule has 2 heterocycles. The first-order valence-corrected chi connectivity index (χ1v) is 5.96. The summed E-state index contributed by atoms with van der Waals surface area (Å²) in [6.45, 7) is 6.92. The van der Waals surface area contributed by atoms with Crippen molar-refractivity contribution in [2.24, 2.45) is 0 Å². The first kappa shape index (κ1) is 13.0. The van der Waals surface area contributed by atoms with Gasteiger partial charge in [0.05, 0.1) is 24.9 Å². The van der Waals surface area contributed by atoms with Crippen LogP contribution in [-0.4, -0.2) is 56.6 Å². The average molecular weight is 245 g/mol. The summed E-state index contributed by atoms with van der Waals surface area (Å²) >= 11 is 0. The van der Waals surface area contributed by atoms with Gasteiger partial charge in [-0.15, -0.1) is 0 Å². The van der Waals surface area contributed by atoms with E-state index < -0.39 is 0 Å². The molecule has 0 aromatic heterocycles. The van der Waals surface area contributed by atoms with Crippen molar-refractivity contribution >= 4 is 0 Å². The summed E-state index contributed by atoms with van der Waals surface area (Å²) in [7, 11) is 1.65. The van der Waals surface area contributed by atoms with E-state index in [1.165, 1.54) is 0 Å². The molecule has 98 valence electrons. The van der Waals surface area contributed by atoms with Gasteiger partial charge in [-0.2, -0.15) is 4.94 Å². The smallest absolute Gasteiger partial charge is 0.106 e. The number of methoxy groups -OCH3 is 1. The molecule has 2 fully saturated rings. The Balaban J connectivity index is 1.91. The fourth-order valence-corrected chi connectivity index (χ4v) is 2.98. The summed E-state index contributed by atoms with van der Waals surface area (Å²) < 4.78 is 22.9. The van der Waals surface area contributed by atoms with E-state index in [0.29, 0.717) is 13.2 Å². The van der Waals surface area contributed by atoms with Crippen LogP contribution in [0.5, 0.6) is 0 Å². The van der Waals surface area contributed by atoms with Crippen LogP contribution in [0.25, 0.3) is 0 Å². The lowest BCUT2D eigenvalue weighted by atomic mass is 9.93. The molecule has 2 saturated heterocycles. The van der Waals surface area contributed by atoms with E-state index in [9.17, 15) is 4.53 Å². The second-order valence-electron chi connectivity index (χ2n) is 4.97. The normalized spacial score (nSPS) is 33.3. The van der Waals surface area contributed by atoms with E-state index >= 15 is 0 Å². The molecule has 0 amide bonds. The summed E-state index contributed by atoms with van der Waals surface area (Å²) in [6, 6.07) is 0. The highest BCUT2D eigenvalue weighted by atomic mass is 19.3. The van der Waals surface area contributed by atoms with E-state index in [1.54, 1.807) is 7.11 Å². The molecule has 0 radical (unpaired) electrons. The number of halogens is 1. The third-order valence-corrected chi connectivity index (χ3v) is 3.66. The van der Waals surface area contributed by atoms with Crippen molar-refractivity contribution in [2.75, 3.05) is 40.0 Å². The highest BCUT2D eigenvalue weighted by molar-refractivity contribution is 5.19. The molecule has 2 atom stereocenters. The maximum absolute atomic E-state index is 12.2. The molecule has 2 aliphatic rings. The zero-order valence-electron chi connectivity index (χ0n) is 10.3. The first-order valence-electron chi connectivity index (χ1n) is 5.96. The molecule has 2 rings (SSSR count). The van der Waals surface area contributed by atoms with Gasteiger partial charge in [-0.3, -0.25) is 4.90 Å². The first-order chi connectivity index (χ1) is 8.20. The molecular weight excluding hydrogens is 225 g/mol. The number of rotatable bonds is 6. The Kier molecular flexibility index (Phi) is 4.14. The molecule has 5 heteroatoms. The molecule has 0 spiro atoms. The van der Waals surface area contributed by atoms with Crippen LogP contribution >= 0.6 is 0 Å². The van der Waals surface area contributed by atoms with E-state index in [1.807, 2.05) is 0 Å². The maximum Gasteiger partial charge on any atom is 0.106 e. The van der Waals surface area contributed by atoms with E-state index in [0.717, 1.165) is 31.5 Å². The number of nitrogens with zero attached hydrogens (tertiary/aromatic N) is 1. The quantitative estimate of drug-likeness (QED) is 0.522. The largest absolute Gasteiger partial charge is 0.382 e. The Morgan fingerprint density at radius 3 is 3.06 bits per heavy atom. The molecule has 0 unspecified atom stereocenters. The van der Waals surface area contributed by atoms with Gasteiger partial charge < -0.3 is 9.47 Å². The lowest BCUT2D eigenvalue weighted by Gasteiger charge is -2.28. The van der Waals surface area contributed by atoms with Gasteiger partial charge in [0.1, 0.15) is 6.61 Å². The minimum absolute atomic E-state index is 0.107. The van der Waals surface area contributed by atoms with Crippen molar-refractivity contribution < 1.29 is 18.9 Å². The molecule has 0 aromatic rings. The molecule has 0 bridgehead atoms. The number of hydrogen-bond acceptors (Lipinski definition) is 4. The van der Waals surface area contributed by atoms with E-state index in [2.05, 4.69) is 16.4 Å². The van der Waals surface area contributed by atoms with Gasteiger partial charge in [-0.25, -0.2) is 0 Å². The van der Waals surface area contributed by atoms with Crippen LogP contribution in [0.1, 0.15) is 12.8 Å². The van der Waals surface area contributed by atoms with Crippen LogP contribution in [0.3, 0.4) is 0 Å². The summed E-state index contributed by atoms with van der Waals surface area (Å²) in [6.07, 6.45) is 1.76. The van der Waals surface area contributed by atoms with Crippen molar-refractivity contribution in [3.8, 4) is 0 Å². The van der Waals surface area contributed by atoms with Crippen molar-refractivity contribution in [3.63, 3.8) is 0 Å². The second-order valence-corrected chi connectivity index (χ2v) is 4.97. The zero-order chi connectivity index (χ0) is 12.3. The van der Waals surface area contributed by atoms with Crippen molar-refractivity contribution in [1.29, 1.82) is 0 Å². The van der Waals surface area contributed by atoms with Crippen LogP contribution in [0.2, 0.25) is 0 Å². The Hall–Kier alpha value is -0.490. The van der Waals surface area contributed by atoms with Crippen LogP contribution in [0.15, 0.2) is 12.2 Å². The predicted octanol–water partition coefficient (Wildman–Crippen LogP) is 1.32. The fraction of sp³-hybridized carbons (Fsp3) is 0.833. The fourth-order valence-electron chi connectivity index (χ4n) is 2.98.